The van der Waals surface area contributed by atoms with E-state index in [-0.39, 0.29) is 17.7 Å². The zero-order chi connectivity index (χ0) is 18.7. The summed E-state index contributed by atoms with van der Waals surface area (Å²) in [5, 5.41) is 0. The zero-order valence-corrected chi connectivity index (χ0v) is 15.3. The Kier molecular flexibility index (Phi) is 6.16. The molecular weight excluding hydrogens is 342 g/mol. The molecule has 0 saturated carbocycles. The van der Waals surface area contributed by atoms with Gasteiger partial charge in [-0.15, -0.1) is 0 Å². The van der Waals surface area contributed by atoms with Gasteiger partial charge in [0.2, 0.25) is 5.95 Å². The van der Waals surface area contributed by atoms with E-state index < -0.39 is 17.7 Å². The van der Waals surface area contributed by atoms with E-state index in [1.54, 1.807) is 4.90 Å². The van der Waals surface area contributed by atoms with Crippen LogP contribution in [-0.4, -0.2) is 91.2 Å². The number of likely N-dealkylation sites (N-methyl/N-ethyl adjacent to an activating group) is 1. The number of rotatable bonds is 4. The molecule has 8 heteroatoms. The number of morpholine rings is 1. The summed E-state index contributed by atoms with van der Waals surface area (Å²) in [5.74, 6) is -2.12. The maximum Gasteiger partial charge on any atom is 0.257 e. The first-order valence-corrected chi connectivity index (χ1v) is 9.06. The Morgan fingerprint density at radius 2 is 2.08 bits per heavy atom. The Morgan fingerprint density at radius 1 is 1.31 bits per heavy atom. The van der Waals surface area contributed by atoms with Gasteiger partial charge in [0.05, 0.1) is 24.5 Å². The quantitative estimate of drug-likeness (QED) is 0.748. The standard InChI is InChI=1S/C18H26F2N4O2/c1-22(2)7-8-23-9-10-26-16-4-6-24(5-3-15(16)23)18(25)13-11-17(20)21-12-14(13)19/h11-12,15-16H,3-10H2,1-2H3. The van der Waals surface area contributed by atoms with Crippen LogP contribution < -0.4 is 0 Å². The molecule has 2 aliphatic heterocycles. The number of nitrogens with zero attached hydrogens (tertiary/aromatic N) is 4. The summed E-state index contributed by atoms with van der Waals surface area (Å²) in [6.07, 6.45) is 2.29. The number of amides is 1. The van der Waals surface area contributed by atoms with Crippen LogP contribution in [0.4, 0.5) is 8.78 Å². The Bertz CT molecular complexity index is 644. The molecule has 1 aromatic rings. The molecule has 26 heavy (non-hydrogen) atoms. The van der Waals surface area contributed by atoms with Crippen LogP contribution in [0.5, 0.6) is 0 Å². The molecule has 144 valence electrons. The van der Waals surface area contributed by atoms with Crippen LogP contribution in [-0.2, 0) is 4.74 Å². The second-order valence-electron chi connectivity index (χ2n) is 7.17. The highest BCUT2D eigenvalue weighted by atomic mass is 19.1. The van der Waals surface area contributed by atoms with Gasteiger partial charge in [0.25, 0.3) is 5.91 Å². The minimum atomic E-state index is -0.851. The molecule has 0 aliphatic carbocycles. The number of hydrogen-bond acceptors (Lipinski definition) is 5. The van der Waals surface area contributed by atoms with Crippen molar-refractivity contribution >= 4 is 5.91 Å². The van der Waals surface area contributed by atoms with Crippen LogP contribution >= 0.6 is 0 Å². The first kappa shape index (κ1) is 19.1. The largest absolute Gasteiger partial charge is 0.375 e. The van der Waals surface area contributed by atoms with Gasteiger partial charge in [0.15, 0.2) is 5.82 Å². The molecule has 1 aromatic heterocycles. The van der Waals surface area contributed by atoms with Gasteiger partial charge in [-0.05, 0) is 26.9 Å². The monoisotopic (exact) mass is 368 g/mol. The molecule has 2 atom stereocenters. The lowest BCUT2D eigenvalue weighted by molar-refractivity contribution is -0.0724. The molecule has 1 amide bonds. The normalized spacial score (nSPS) is 24.4. The molecule has 0 aromatic carbocycles. The number of pyridine rings is 1. The highest BCUT2D eigenvalue weighted by Gasteiger charge is 2.36. The van der Waals surface area contributed by atoms with Gasteiger partial charge in [0.1, 0.15) is 0 Å². The van der Waals surface area contributed by atoms with Crippen LogP contribution in [0.25, 0.3) is 0 Å². The highest BCUT2D eigenvalue weighted by Crippen LogP contribution is 2.25. The molecule has 0 radical (unpaired) electrons. The average molecular weight is 368 g/mol. The summed E-state index contributed by atoms with van der Waals surface area (Å²) in [6.45, 7) is 4.47. The Hall–Kier alpha value is -1.64. The van der Waals surface area contributed by atoms with Crippen molar-refractivity contribution in [3.05, 3.63) is 29.6 Å². The number of likely N-dealkylation sites (tertiary alicyclic amines) is 1. The van der Waals surface area contributed by atoms with Gasteiger partial charge in [-0.1, -0.05) is 0 Å². The van der Waals surface area contributed by atoms with Gasteiger partial charge in [-0.3, -0.25) is 9.69 Å². The Morgan fingerprint density at radius 3 is 2.85 bits per heavy atom. The second-order valence-corrected chi connectivity index (χ2v) is 7.17. The molecule has 0 bridgehead atoms. The van der Waals surface area contributed by atoms with Gasteiger partial charge < -0.3 is 14.5 Å². The number of fused-ring (bicyclic) bond motifs is 1. The van der Waals surface area contributed by atoms with Crippen molar-refractivity contribution in [3.8, 4) is 0 Å². The third-order valence-electron chi connectivity index (χ3n) is 5.16. The predicted molar refractivity (Wildman–Crippen MR) is 92.9 cm³/mol. The van der Waals surface area contributed by atoms with Gasteiger partial charge >= 0.3 is 0 Å². The van der Waals surface area contributed by atoms with E-state index in [4.69, 9.17) is 4.74 Å². The average Bonchev–Trinajstić information content (AvgIpc) is 2.84. The fraction of sp³-hybridized carbons (Fsp3) is 0.667. The topological polar surface area (TPSA) is 48.9 Å². The van der Waals surface area contributed by atoms with E-state index in [9.17, 15) is 13.6 Å². The molecule has 2 fully saturated rings. The summed E-state index contributed by atoms with van der Waals surface area (Å²) >= 11 is 0. The zero-order valence-electron chi connectivity index (χ0n) is 15.3. The van der Waals surface area contributed by atoms with E-state index >= 15 is 0 Å². The fourth-order valence-corrected chi connectivity index (χ4v) is 3.72. The molecule has 2 aliphatic rings. The smallest absolute Gasteiger partial charge is 0.257 e. The number of hydrogen-bond donors (Lipinski definition) is 0. The minimum absolute atomic E-state index is 0.0720. The van der Waals surface area contributed by atoms with Crippen LogP contribution in [0.3, 0.4) is 0 Å². The van der Waals surface area contributed by atoms with E-state index in [1.807, 2.05) is 14.1 Å². The van der Waals surface area contributed by atoms with Crippen molar-refractivity contribution < 1.29 is 18.3 Å². The van der Waals surface area contributed by atoms with E-state index in [0.29, 0.717) is 26.1 Å². The van der Waals surface area contributed by atoms with Crippen molar-refractivity contribution in [1.29, 1.82) is 0 Å². The summed E-state index contributed by atoms with van der Waals surface area (Å²) in [6, 6.07) is 1.12. The summed E-state index contributed by atoms with van der Waals surface area (Å²) < 4.78 is 33.2. The molecule has 0 spiro atoms. The number of carbonyl (C=O) groups excluding carboxylic acids is 1. The van der Waals surface area contributed by atoms with Crippen molar-refractivity contribution in [1.82, 2.24) is 19.7 Å². The molecule has 2 saturated heterocycles. The third-order valence-corrected chi connectivity index (χ3v) is 5.16. The van der Waals surface area contributed by atoms with Crippen molar-refractivity contribution in [3.63, 3.8) is 0 Å². The number of aromatic nitrogens is 1. The van der Waals surface area contributed by atoms with Gasteiger partial charge in [-0.25, -0.2) is 9.37 Å². The lowest BCUT2D eigenvalue weighted by atomic mass is 10.0. The SMILES string of the molecule is CN(C)CCN1CCOC2CCN(C(=O)c3cc(F)ncc3F)CCC21. The van der Waals surface area contributed by atoms with Gasteiger partial charge in [0, 0.05) is 44.8 Å². The lowest BCUT2D eigenvalue weighted by Gasteiger charge is -2.40. The number of ether oxygens (including phenoxy) is 1. The van der Waals surface area contributed by atoms with E-state index in [0.717, 1.165) is 38.3 Å². The van der Waals surface area contributed by atoms with Gasteiger partial charge in [-0.2, -0.15) is 4.39 Å². The molecule has 3 rings (SSSR count). The fourth-order valence-electron chi connectivity index (χ4n) is 3.72. The van der Waals surface area contributed by atoms with Crippen LogP contribution in [0.2, 0.25) is 0 Å². The third kappa shape index (κ3) is 4.36. The minimum Gasteiger partial charge on any atom is -0.375 e. The predicted octanol–water partition coefficient (Wildman–Crippen LogP) is 1.23. The number of halogens is 2. The molecule has 0 N–H and O–H groups in total. The summed E-state index contributed by atoms with van der Waals surface area (Å²) in [5.41, 5.74) is -0.257. The number of carbonyl (C=O) groups is 1. The van der Waals surface area contributed by atoms with Crippen molar-refractivity contribution in [2.75, 3.05) is 53.4 Å². The maximum atomic E-state index is 13.9. The Labute approximate surface area is 152 Å². The van der Waals surface area contributed by atoms with Crippen LogP contribution in [0.1, 0.15) is 23.2 Å². The molecular formula is C18H26F2N4O2. The highest BCUT2D eigenvalue weighted by molar-refractivity contribution is 5.94. The lowest BCUT2D eigenvalue weighted by Crippen LogP contribution is -2.52. The van der Waals surface area contributed by atoms with Crippen molar-refractivity contribution in [2.24, 2.45) is 0 Å². The van der Waals surface area contributed by atoms with Crippen LogP contribution in [0.15, 0.2) is 12.3 Å². The van der Waals surface area contributed by atoms with Crippen molar-refractivity contribution in [2.45, 2.75) is 25.0 Å². The summed E-state index contributed by atoms with van der Waals surface area (Å²) in [7, 11) is 4.10. The molecule has 6 nitrogen and oxygen atoms in total. The molecule has 2 unspecified atom stereocenters. The molecule has 3 heterocycles. The first-order valence-electron chi connectivity index (χ1n) is 9.06. The van der Waals surface area contributed by atoms with E-state index in [1.165, 1.54) is 0 Å². The first-order chi connectivity index (χ1) is 12.5. The Balaban J connectivity index is 1.68. The van der Waals surface area contributed by atoms with E-state index in [2.05, 4.69) is 14.8 Å². The maximum absolute atomic E-state index is 13.9. The second kappa shape index (κ2) is 8.37. The summed E-state index contributed by atoms with van der Waals surface area (Å²) in [4.78, 5) is 22.1. The van der Waals surface area contributed by atoms with Crippen LogP contribution in [0, 0.1) is 11.8 Å².